The Balaban J connectivity index is 2.17. The third-order valence-electron chi connectivity index (χ3n) is 3.12. The van der Waals surface area contributed by atoms with Gasteiger partial charge in [-0.25, -0.2) is 0 Å². The minimum Gasteiger partial charge on any atom is -0.332 e. The van der Waals surface area contributed by atoms with Crippen LogP contribution in [0.3, 0.4) is 0 Å². The molecule has 1 heterocycles. The maximum atomic E-state index is 12.5. The molecule has 3 rings (SSSR count). The Kier molecular flexibility index (Phi) is 3.42. The van der Waals surface area contributed by atoms with Gasteiger partial charge in [0.15, 0.2) is 4.77 Å². The van der Waals surface area contributed by atoms with E-state index in [0.29, 0.717) is 21.7 Å². The average Bonchev–Trinajstić information content (AvgIpc) is 2.43. The van der Waals surface area contributed by atoms with E-state index in [-0.39, 0.29) is 5.56 Å². The van der Waals surface area contributed by atoms with Crippen LogP contribution in [-0.4, -0.2) is 9.55 Å². The molecule has 0 bridgehead atoms. The second kappa shape index (κ2) is 5.23. The van der Waals surface area contributed by atoms with E-state index in [4.69, 9.17) is 23.8 Å². The summed E-state index contributed by atoms with van der Waals surface area (Å²) in [6, 6.07) is 14.7. The van der Waals surface area contributed by atoms with Gasteiger partial charge < -0.3 is 4.98 Å². The molecule has 0 saturated heterocycles. The molecule has 0 saturated carbocycles. The third kappa shape index (κ3) is 2.40. The number of rotatable bonds is 2. The van der Waals surface area contributed by atoms with Gasteiger partial charge in [-0.1, -0.05) is 35.9 Å². The summed E-state index contributed by atoms with van der Waals surface area (Å²) in [7, 11) is 0. The summed E-state index contributed by atoms with van der Waals surface area (Å²) >= 11 is 11.2. The first kappa shape index (κ1) is 13.1. The number of hydrogen-bond acceptors (Lipinski definition) is 2. The Hall–Kier alpha value is -1.91. The third-order valence-corrected chi connectivity index (χ3v) is 3.68. The van der Waals surface area contributed by atoms with Crippen molar-refractivity contribution in [1.29, 1.82) is 0 Å². The number of hydrogen-bond donors (Lipinski definition) is 1. The number of nitrogens with one attached hydrogen (secondary N) is 1. The minimum absolute atomic E-state index is 0.0932. The molecule has 3 aromatic rings. The van der Waals surface area contributed by atoms with Crippen molar-refractivity contribution < 1.29 is 0 Å². The molecule has 3 nitrogen and oxygen atoms in total. The Morgan fingerprint density at radius 1 is 1.15 bits per heavy atom. The first-order chi connectivity index (χ1) is 9.65. The molecular formula is C15H11ClN2OS. The summed E-state index contributed by atoms with van der Waals surface area (Å²) in [5.74, 6) is 0. The van der Waals surface area contributed by atoms with Gasteiger partial charge in [-0.15, -0.1) is 0 Å². The van der Waals surface area contributed by atoms with Gasteiger partial charge in [-0.3, -0.25) is 9.36 Å². The number of benzene rings is 2. The van der Waals surface area contributed by atoms with E-state index in [9.17, 15) is 4.79 Å². The molecule has 0 aliphatic heterocycles. The lowest BCUT2D eigenvalue weighted by molar-refractivity contribution is 0.734. The molecule has 1 N–H and O–H groups in total. The molecule has 0 aliphatic carbocycles. The van der Waals surface area contributed by atoms with Crippen LogP contribution in [0.25, 0.3) is 10.9 Å². The zero-order valence-corrected chi connectivity index (χ0v) is 12.0. The number of para-hydroxylation sites is 1. The first-order valence-electron chi connectivity index (χ1n) is 6.11. The normalized spacial score (nSPS) is 10.8. The molecule has 0 spiro atoms. The van der Waals surface area contributed by atoms with Gasteiger partial charge in [-0.05, 0) is 42.0 Å². The van der Waals surface area contributed by atoms with E-state index in [1.807, 2.05) is 36.4 Å². The van der Waals surface area contributed by atoms with E-state index < -0.39 is 0 Å². The highest BCUT2D eigenvalue weighted by Gasteiger charge is 2.05. The summed E-state index contributed by atoms with van der Waals surface area (Å²) < 4.78 is 1.96. The summed E-state index contributed by atoms with van der Waals surface area (Å²) in [5, 5.41) is 1.27. The van der Waals surface area contributed by atoms with Crippen molar-refractivity contribution in [2.24, 2.45) is 0 Å². The Morgan fingerprint density at radius 3 is 2.75 bits per heavy atom. The average molecular weight is 303 g/mol. The lowest BCUT2D eigenvalue weighted by Gasteiger charge is -2.08. The molecule has 5 heteroatoms. The fourth-order valence-corrected chi connectivity index (χ4v) is 2.63. The lowest BCUT2D eigenvalue weighted by atomic mass is 10.2. The van der Waals surface area contributed by atoms with Crippen LogP contribution in [0.1, 0.15) is 5.56 Å². The van der Waals surface area contributed by atoms with Crippen molar-refractivity contribution in [1.82, 2.24) is 9.55 Å². The van der Waals surface area contributed by atoms with Crippen molar-refractivity contribution >= 4 is 34.7 Å². The van der Waals surface area contributed by atoms with E-state index in [1.54, 1.807) is 16.7 Å². The van der Waals surface area contributed by atoms with Crippen LogP contribution in [0.4, 0.5) is 0 Å². The number of H-pyrrole nitrogens is 1. The summed E-state index contributed by atoms with van der Waals surface area (Å²) in [5.41, 5.74) is 1.60. The van der Waals surface area contributed by atoms with E-state index in [1.165, 1.54) is 0 Å². The van der Waals surface area contributed by atoms with E-state index in [0.717, 1.165) is 11.1 Å². The Bertz CT molecular complexity index is 898. The van der Waals surface area contributed by atoms with Crippen molar-refractivity contribution in [3.8, 4) is 0 Å². The topological polar surface area (TPSA) is 37.8 Å². The van der Waals surface area contributed by atoms with Gasteiger partial charge >= 0.3 is 0 Å². The predicted octanol–water partition coefficient (Wildman–Crippen LogP) is 3.76. The first-order valence-corrected chi connectivity index (χ1v) is 6.90. The second-order valence-electron chi connectivity index (χ2n) is 4.50. The zero-order valence-electron chi connectivity index (χ0n) is 10.5. The predicted molar refractivity (Wildman–Crippen MR) is 83.9 cm³/mol. The maximum absolute atomic E-state index is 12.5. The summed E-state index contributed by atoms with van der Waals surface area (Å²) in [6.45, 7) is 0.402. The van der Waals surface area contributed by atoms with Gasteiger partial charge in [0.1, 0.15) is 0 Å². The Morgan fingerprint density at radius 2 is 1.95 bits per heavy atom. The van der Waals surface area contributed by atoms with Crippen LogP contribution < -0.4 is 5.56 Å². The number of fused-ring (bicyclic) bond motifs is 1. The minimum atomic E-state index is -0.0932. The molecule has 2 aromatic carbocycles. The van der Waals surface area contributed by atoms with Gasteiger partial charge in [-0.2, -0.15) is 0 Å². The van der Waals surface area contributed by atoms with Crippen LogP contribution in [0.5, 0.6) is 0 Å². The highest BCUT2D eigenvalue weighted by atomic mass is 35.5. The van der Waals surface area contributed by atoms with Gasteiger partial charge in [0.25, 0.3) is 5.56 Å². The summed E-state index contributed by atoms with van der Waals surface area (Å²) in [6.07, 6.45) is 0. The molecule has 0 amide bonds. The van der Waals surface area contributed by atoms with Crippen LogP contribution in [-0.2, 0) is 6.54 Å². The number of nitrogens with zero attached hydrogens (tertiary/aromatic N) is 1. The highest BCUT2D eigenvalue weighted by molar-refractivity contribution is 7.71. The molecule has 20 heavy (non-hydrogen) atoms. The van der Waals surface area contributed by atoms with Gasteiger partial charge in [0.05, 0.1) is 17.4 Å². The number of aromatic amines is 1. The molecule has 0 atom stereocenters. The summed E-state index contributed by atoms with van der Waals surface area (Å²) in [4.78, 5) is 15.6. The van der Waals surface area contributed by atoms with Crippen molar-refractivity contribution in [2.75, 3.05) is 0 Å². The number of halogens is 1. The monoisotopic (exact) mass is 302 g/mol. The van der Waals surface area contributed by atoms with Crippen molar-refractivity contribution in [3.63, 3.8) is 0 Å². The second-order valence-corrected chi connectivity index (χ2v) is 5.32. The van der Waals surface area contributed by atoms with Crippen molar-refractivity contribution in [2.45, 2.75) is 6.54 Å². The Labute approximate surface area is 125 Å². The van der Waals surface area contributed by atoms with Crippen molar-refractivity contribution in [3.05, 3.63) is 74.2 Å². The molecular weight excluding hydrogens is 292 g/mol. The van der Waals surface area contributed by atoms with Crippen LogP contribution >= 0.6 is 23.8 Å². The van der Waals surface area contributed by atoms with Crippen LogP contribution in [0, 0.1) is 4.77 Å². The quantitative estimate of drug-likeness (QED) is 0.732. The molecule has 0 radical (unpaired) electrons. The van der Waals surface area contributed by atoms with E-state index >= 15 is 0 Å². The lowest BCUT2D eigenvalue weighted by Crippen LogP contribution is -2.22. The van der Waals surface area contributed by atoms with Crippen LogP contribution in [0.15, 0.2) is 53.3 Å². The fraction of sp³-hybridized carbons (Fsp3) is 0.0667. The molecule has 0 unspecified atom stereocenters. The number of aromatic nitrogens is 2. The van der Waals surface area contributed by atoms with E-state index in [2.05, 4.69) is 4.98 Å². The fourth-order valence-electron chi connectivity index (χ4n) is 2.16. The van der Waals surface area contributed by atoms with Gasteiger partial charge in [0, 0.05) is 5.02 Å². The highest BCUT2D eigenvalue weighted by Crippen LogP contribution is 2.12. The standard InChI is InChI=1S/C15H11ClN2OS/c16-11-5-3-4-10(8-11)9-18-14(19)12-6-1-2-7-13(12)17-15(18)20/h1-8H,9H2,(H,17,20). The van der Waals surface area contributed by atoms with Gasteiger partial charge in [0.2, 0.25) is 0 Å². The van der Waals surface area contributed by atoms with Crippen LogP contribution in [0.2, 0.25) is 5.02 Å². The largest absolute Gasteiger partial charge is 0.332 e. The smallest absolute Gasteiger partial charge is 0.262 e. The zero-order chi connectivity index (χ0) is 14.1. The molecule has 1 aromatic heterocycles. The molecule has 0 fully saturated rings. The molecule has 100 valence electrons. The maximum Gasteiger partial charge on any atom is 0.262 e. The SMILES string of the molecule is O=c1c2ccccc2[nH]c(=S)n1Cc1cccc(Cl)c1. The molecule has 0 aliphatic rings.